The molecule has 0 unspecified atom stereocenters. The van der Waals surface area contributed by atoms with Crippen LogP contribution in [0.15, 0.2) is 30.6 Å². The maximum atomic E-state index is 11.9. The second kappa shape index (κ2) is 6.99. The Morgan fingerprint density at radius 3 is 2.95 bits per heavy atom. The highest BCUT2D eigenvalue weighted by Gasteiger charge is 2.17. The second-order valence-electron chi connectivity index (χ2n) is 4.71. The van der Waals surface area contributed by atoms with Crippen molar-refractivity contribution in [1.29, 1.82) is 0 Å². The molecule has 0 spiro atoms. The minimum absolute atomic E-state index is 0.0798. The van der Waals surface area contributed by atoms with Crippen LogP contribution in [0.25, 0.3) is 0 Å². The highest BCUT2D eigenvalue weighted by Crippen LogP contribution is 2.13. The van der Waals surface area contributed by atoms with Crippen LogP contribution in [0.1, 0.15) is 41.6 Å². The number of pyridine rings is 1. The minimum atomic E-state index is -0.340. The smallest absolute Gasteiger partial charge is 0.341 e. The fraction of sp³-hybridized carbons (Fsp3) is 0.400. The van der Waals surface area contributed by atoms with Gasteiger partial charge in [0.2, 0.25) is 0 Å². The van der Waals surface area contributed by atoms with Crippen molar-refractivity contribution in [3.05, 3.63) is 47.5 Å². The fourth-order valence-corrected chi connectivity index (χ4v) is 2.04. The standard InChI is InChI=1S/C15H20N4O2/c1-4-21-15(20)12-9-18-19(3)14(12)10-17-11(2)13-7-5-6-8-16-13/h5-9,11,17H,4,10H2,1-3H3/t11-/m0/s1. The summed E-state index contributed by atoms with van der Waals surface area (Å²) in [5, 5.41) is 7.48. The summed E-state index contributed by atoms with van der Waals surface area (Å²) in [5.74, 6) is -0.340. The summed E-state index contributed by atoms with van der Waals surface area (Å²) in [6, 6.07) is 5.88. The van der Waals surface area contributed by atoms with Crippen molar-refractivity contribution in [3.8, 4) is 0 Å². The highest BCUT2D eigenvalue weighted by atomic mass is 16.5. The van der Waals surface area contributed by atoms with E-state index in [1.165, 1.54) is 0 Å². The average Bonchev–Trinajstić information content (AvgIpc) is 2.87. The van der Waals surface area contributed by atoms with Gasteiger partial charge < -0.3 is 10.1 Å². The number of nitrogens with zero attached hydrogens (tertiary/aromatic N) is 3. The summed E-state index contributed by atoms with van der Waals surface area (Å²) in [6.07, 6.45) is 3.31. The van der Waals surface area contributed by atoms with Crippen LogP contribution < -0.4 is 5.32 Å². The molecular formula is C15H20N4O2. The van der Waals surface area contributed by atoms with Crippen LogP contribution in [-0.4, -0.2) is 27.3 Å². The molecule has 2 heterocycles. The minimum Gasteiger partial charge on any atom is -0.462 e. The molecule has 1 atom stereocenters. The zero-order valence-corrected chi connectivity index (χ0v) is 12.5. The van der Waals surface area contributed by atoms with E-state index in [1.54, 1.807) is 24.0 Å². The Morgan fingerprint density at radius 2 is 2.29 bits per heavy atom. The molecule has 0 fully saturated rings. The van der Waals surface area contributed by atoms with Crippen molar-refractivity contribution in [2.24, 2.45) is 7.05 Å². The van der Waals surface area contributed by atoms with Gasteiger partial charge >= 0.3 is 5.97 Å². The van der Waals surface area contributed by atoms with Crippen LogP contribution in [0.2, 0.25) is 0 Å². The number of aryl methyl sites for hydroxylation is 1. The number of rotatable bonds is 6. The Balaban J connectivity index is 2.06. The van der Waals surface area contributed by atoms with E-state index in [4.69, 9.17) is 4.74 Å². The quantitative estimate of drug-likeness (QED) is 0.821. The van der Waals surface area contributed by atoms with E-state index in [0.29, 0.717) is 18.7 Å². The maximum Gasteiger partial charge on any atom is 0.341 e. The first-order valence-corrected chi connectivity index (χ1v) is 6.95. The number of hydrogen-bond acceptors (Lipinski definition) is 5. The van der Waals surface area contributed by atoms with Gasteiger partial charge in [-0.25, -0.2) is 4.79 Å². The number of ether oxygens (including phenoxy) is 1. The van der Waals surface area contributed by atoms with Gasteiger partial charge in [0.05, 0.1) is 24.2 Å². The first kappa shape index (κ1) is 15.2. The Labute approximate surface area is 124 Å². The topological polar surface area (TPSA) is 69.0 Å². The lowest BCUT2D eigenvalue weighted by Crippen LogP contribution is -2.22. The largest absolute Gasteiger partial charge is 0.462 e. The Hall–Kier alpha value is -2.21. The molecule has 0 amide bonds. The number of hydrogen-bond donors (Lipinski definition) is 1. The third-order valence-electron chi connectivity index (χ3n) is 3.26. The Morgan fingerprint density at radius 1 is 1.48 bits per heavy atom. The lowest BCUT2D eigenvalue weighted by Gasteiger charge is -2.14. The highest BCUT2D eigenvalue weighted by molar-refractivity contribution is 5.90. The van der Waals surface area contributed by atoms with Crippen molar-refractivity contribution in [1.82, 2.24) is 20.1 Å². The van der Waals surface area contributed by atoms with Gasteiger partial charge in [0.1, 0.15) is 5.56 Å². The van der Waals surface area contributed by atoms with Gasteiger partial charge in [-0.2, -0.15) is 5.10 Å². The maximum absolute atomic E-state index is 11.9. The fourth-order valence-electron chi connectivity index (χ4n) is 2.04. The molecule has 21 heavy (non-hydrogen) atoms. The molecule has 0 aliphatic carbocycles. The molecule has 0 saturated carbocycles. The van der Waals surface area contributed by atoms with Crippen LogP contribution >= 0.6 is 0 Å². The van der Waals surface area contributed by atoms with Gasteiger partial charge in [-0.3, -0.25) is 9.67 Å². The summed E-state index contributed by atoms with van der Waals surface area (Å²) in [7, 11) is 1.81. The van der Waals surface area contributed by atoms with E-state index in [-0.39, 0.29) is 12.0 Å². The van der Waals surface area contributed by atoms with E-state index >= 15 is 0 Å². The molecular weight excluding hydrogens is 268 g/mol. The molecule has 2 aromatic heterocycles. The lowest BCUT2D eigenvalue weighted by molar-refractivity contribution is 0.0524. The molecule has 2 aromatic rings. The number of carbonyl (C=O) groups excluding carboxylic acids is 1. The van der Waals surface area contributed by atoms with Gasteiger partial charge in [0.15, 0.2) is 0 Å². The van der Waals surface area contributed by atoms with E-state index in [0.717, 1.165) is 11.4 Å². The molecule has 0 aromatic carbocycles. The van der Waals surface area contributed by atoms with Gasteiger partial charge in [-0.15, -0.1) is 0 Å². The first-order chi connectivity index (χ1) is 10.1. The van der Waals surface area contributed by atoms with E-state index in [1.807, 2.05) is 32.2 Å². The molecule has 6 nitrogen and oxygen atoms in total. The number of esters is 1. The van der Waals surface area contributed by atoms with Gasteiger partial charge in [0.25, 0.3) is 0 Å². The lowest BCUT2D eigenvalue weighted by atomic mass is 10.2. The zero-order valence-electron chi connectivity index (χ0n) is 12.5. The molecule has 2 rings (SSSR count). The van der Waals surface area contributed by atoms with E-state index in [9.17, 15) is 4.79 Å². The van der Waals surface area contributed by atoms with Crippen LogP contribution in [-0.2, 0) is 18.3 Å². The number of nitrogens with one attached hydrogen (secondary N) is 1. The summed E-state index contributed by atoms with van der Waals surface area (Å²) in [6.45, 7) is 4.69. The molecule has 0 aliphatic rings. The van der Waals surface area contributed by atoms with Crippen LogP contribution in [0.5, 0.6) is 0 Å². The van der Waals surface area contributed by atoms with Crippen LogP contribution in [0.4, 0.5) is 0 Å². The predicted molar refractivity (Wildman–Crippen MR) is 78.7 cm³/mol. The van der Waals surface area contributed by atoms with Crippen molar-refractivity contribution in [3.63, 3.8) is 0 Å². The molecule has 0 bridgehead atoms. The monoisotopic (exact) mass is 288 g/mol. The van der Waals surface area contributed by atoms with Gasteiger partial charge in [-0.05, 0) is 26.0 Å². The van der Waals surface area contributed by atoms with Crippen molar-refractivity contribution < 1.29 is 9.53 Å². The molecule has 0 radical (unpaired) electrons. The Kier molecular flexibility index (Phi) is 5.05. The molecule has 1 N–H and O–H groups in total. The summed E-state index contributed by atoms with van der Waals surface area (Å²) >= 11 is 0. The summed E-state index contributed by atoms with van der Waals surface area (Å²) in [5.41, 5.74) is 2.26. The van der Waals surface area contributed by atoms with Crippen LogP contribution in [0.3, 0.4) is 0 Å². The van der Waals surface area contributed by atoms with Gasteiger partial charge in [-0.1, -0.05) is 6.07 Å². The second-order valence-corrected chi connectivity index (χ2v) is 4.71. The van der Waals surface area contributed by atoms with E-state index in [2.05, 4.69) is 15.4 Å². The first-order valence-electron chi connectivity index (χ1n) is 6.95. The Bertz CT molecular complexity index is 595. The van der Waals surface area contributed by atoms with Gasteiger partial charge in [0, 0.05) is 25.8 Å². The van der Waals surface area contributed by atoms with Crippen molar-refractivity contribution in [2.75, 3.05) is 6.61 Å². The van der Waals surface area contributed by atoms with E-state index < -0.39 is 0 Å². The molecule has 6 heteroatoms. The summed E-state index contributed by atoms with van der Waals surface area (Å²) in [4.78, 5) is 16.2. The van der Waals surface area contributed by atoms with Crippen molar-refractivity contribution >= 4 is 5.97 Å². The normalized spacial score (nSPS) is 12.1. The predicted octanol–water partition coefficient (Wildman–Crippen LogP) is 1.84. The zero-order chi connectivity index (χ0) is 15.2. The molecule has 112 valence electrons. The molecule has 0 aliphatic heterocycles. The van der Waals surface area contributed by atoms with Crippen LogP contribution in [0, 0.1) is 0 Å². The SMILES string of the molecule is CCOC(=O)c1cnn(C)c1CN[C@@H](C)c1ccccn1. The number of aromatic nitrogens is 3. The third-order valence-corrected chi connectivity index (χ3v) is 3.26. The average molecular weight is 288 g/mol. The summed E-state index contributed by atoms with van der Waals surface area (Å²) < 4.78 is 6.73. The van der Waals surface area contributed by atoms with Crippen molar-refractivity contribution in [2.45, 2.75) is 26.4 Å². The third kappa shape index (κ3) is 3.66. The number of carbonyl (C=O) groups is 1. The molecule has 0 saturated heterocycles.